The largest absolute Gasteiger partial charge is 0.463 e. The number of nitrogens with zero attached hydrogens (tertiary/aromatic N) is 1. The van der Waals surface area contributed by atoms with E-state index in [0.717, 1.165) is 6.42 Å². The number of methoxy groups -OCH3 is 1. The molecule has 0 bridgehead atoms. The first-order valence-electron chi connectivity index (χ1n) is 6.86. The Balaban J connectivity index is 2.47. The van der Waals surface area contributed by atoms with E-state index in [9.17, 15) is 4.79 Å². The summed E-state index contributed by atoms with van der Waals surface area (Å²) in [6, 6.07) is 3.80. The predicted molar refractivity (Wildman–Crippen MR) is 83.0 cm³/mol. The van der Waals surface area contributed by atoms with Crippen LogP contribution >= 0.6 is 11.3 Å². The van der Waals surface area contributed by atoms with Gasteiger partial charge < -0.3 is 14.2 Å². The third-order valence-corrected chi connectivity index (χ3v) is 3.27. The monoisotopic (exact) mass is 314 g/mol. The van der Waals surface area contributed by atoms with E-state index in [1.54, 1.807) is 13.2 Å². The highest BCUT2D eigenvalue weighted by Gasteiger charge is 2.10. The molecule has 0 atom stereocenters. The van der Waals surface area contributed by atoms with Crippen molar-refractivity contribution in [2.75, 3.05) is 40.1 Å². The Labute approximate surface area is 129 Å². The number of rotatable bonds is 9. The van der Waals surface area contributed by atoms with Crippen LogP contribution in [0.25, 0.3) is 0 Å². The quantitative estimate of drug-likeness (QED) is 0.429. The number of carbonyl (C=O) groups is 1. The minimum absolute atomic E-state index is 0.216. The maximum absolute atomic E-state index is 12.0. The highest BCUT2D eigenvalue weighted by atomic mass is 32.1. The van der Waals surface area contributed by atoms with Crippen LogP contribution in [-0.4, -0.2) is 52.0 Å². The fourth-order valence-electron chi connectivity index (χ4n) is 1.42. The molecule has 0 unspecified atom stereocenters. The van der Waals surface area contributed by atoms with Crippen LogP contribution in [0.5, 0.6) is 0 Å². The fourth-order valence-corrected chi connectivity index (χ4v) is 2.04. The molecule has 0 fully saturated rings. The first kappa shape index (κ1) is 17.6. The van der Waals surface area contributed by atoms with Crippen molar-refractivity contribution in [2.24, 2.45) is 4.99 Å². The summed E-state index contributed by atoms with van der Waals surface area (Å²) in [4.78, 5) is 16.8. The maximum Gasteiger partial charge on any atom is 0.291 e. The van der Waals surface area contributed by atoms with Crippen molar-refractivity contribution < 1.29 is 19.0 Å². The standard InChI is InChI=1S/C14H22N2O4S/c1-3-19-9-10-20-14(15-7-5-8-18-2)16-13(17)12-6-4-11-21-12/h4,6,11H,3,5,7-10H2,1-2H3,(H,15,16,17). The van der Waals surface area contributed by atoms with Gasteiger partial charge in [0.05, 0.1) is 11.5 Å². The van der Waals surface area contributed by atoms with Gasteiger partial charge in [-0.05, 0) is 24.8 Å². The van der Waals surface area contributed by atoms with Crippen molar-refractivity contribution in [3.63, 3.8) is 0 Å². The molecule has 6 nitrogen and oxygen atoms in total. The molecule has 0 saturated heterocycles. The first-order valence-corrected chi connectivity index (χ1v) is 7.74. The van der Waals surface area contributed by atoms with Gasteiger partial charge in [-0.15, -0.1) is 11.3 Å². The number of hydrogen-bond acceptors (Lipinski definition) is 6. The summed E-state index contributed by atoms with van der Waals surface area (Å²) in [7, 11) is 1.64. The second-order valence-corrected chi connectivity index (χ2v) is 4.96. The van der Waals surface area contributed by atoms with E-state index in [-0.39, 0.29) is 11.9 Å². The van der Waals surface area contributed by atoms with Gasteiger partial charge in [-0.25, -0.2) is 4.99 Å². The SMILES string of the molecule is CCOCCOC(=NCCCOC)NC(=O)c1cccs1. The number of thiophene rings is 1. The number of amides is 1. The molecule has 1 N–H and O–H groups in total. The molecule has 21 heavy (non-hydrogen) atoms. The van der Waals surface area contributed by atoms with Crippen molar-refractivity contribution in [1.29, 1.82) is 0 Å². The van der Waals surface area contributed by atoms with Crippen molar-refractivity contribution in [3.8, 4) is 0 Å². The van der Waals surface area contributed by atoms with E-state index >= 15 is 0 Å². The summed E-state index contributed by atoms with van der Waals surface area (Å²) in [6.45, 7) is 4.50. The molecule has 1 amide bonds. The summed E-state index contributed by atoms with van der Waals surface area (Å²) in [6.07, 6.45) is 0.768. The van der Waals surface area contributed by atoms with Crippen LogP contribution in [0.2, 0.25) is 0 Å². The maximum atomic E-state index is 12.0. The summed E-state index contributed by atoms with van der Waals surface area (Å²) in [5, 5.41) is 4.52. The zero-order valence-corrected chi connectivity index (χ0v) is 13.3. The molecular weight excluding hydrogens is 292 g/mol. The Hall–Kier alpha value is -1.44. The number of ether oxygens (including phenoxy) is 3. The van der Waals surface area contributed by atoms with Gasteiger partial charge in [0.15, 0.2) is 0 Å². The molecule has 118 valence electrons. The highest BCUT2D eigenvalue weighted by molar-refractivity contribution is 7.12. The van der Waals surface area contributed by atoms with Gasteiger partial charge in [0, 0.05) is 26.9 Å². The normalized spacial score (nSPS) is 11.4. The van der Waals surface area contributed by atoms with Gasteiger partial charge in [0.2, 0.25) is 0 Å². The summed E-state index contributed by atoms with van der Waals surface area (Å²) in [5.74, 6) is -0.216. The molecule has 1 rings (SSSR count). The summed E-state index contributed by atoms with van der Waals surface area (Å²) < 4.78 is 15.6. The minimum Gasteiger partial charge on any atom is -0.463 e. The van der Waals surface area contributed by atoms with Crippen molar-refractivity contribution in [1.82, 2.24) is 5.32 Å². The lowest BCUT2D eigenvalue weighted by Crippen LogP contribution is -2.33. The van der Waals surface area contributed by atoms with Crippen LogP contribution in [0.4, 0.5) is 0 Å². The number of carbonyl (C=O) groups excluding carboxylic acids is 1. The molecule has 0 saturated carbocycles. The molecule has 1 aromatic rings. The molecule has 0 aliphatic rings. The first-order chi connectivity index (χ1) is 10.3. The van der Waals surface area contributed by atoms with Gasteiger partial charge in [-0.1, -0.05) is 6.07 Å². The van der Waals surface area contributed by atoms with E-state index in [1.807, 2.05) is 18.4 Å². The Morgan fingerprint density at radius 2 is 2.24 bits per heavy atom. The van der Waals surface area contributed by atoms with Gasteiger partial charge in [-0.2, -0.15) is 0 Å². The lowest BCUT2D eigenvalue weighted by atomic mass is 10.4. The topological polar surface area (TPSA) is 69.2 Å². The second kappa shape index (κ2) is 11.2. The zero-order chi connectivity index (χ0) is 15.3. The van der Waals surface area contributed by atoms with Crippen molar-refractivity contribution >= 4 is 23.3 Å². The van der Waals surface area contributed by atoms with Crippen LogP contribution in [0.3, 0.4) is 0 Å². The zero-order valence-electron chi connectivity index (χ0n) is 12.5. The van der Waals surface area contributed by atoms with E-state index in [4.69, 9.17) is 14.2 Å². The third-order valence-electron chi connectivity index (χ3n) is 2.40. The molecule has 0 radical (unpaired) electrons. The van der Waals surface area contributed by atoms with E-state index in [0.29, 0.717) is 37.8 Å². The van der Waals surface area contributed by atoms with E-state index in [1.165, 1.54) is 11.3 Å². The lowest BCUT2D eigenvalue weighted by Gasteiger charge is -2.10. The number of aliphatic imine (C=N–C) groups is 1. The number of amidine groups is 1. The number of hydrogen-bond donors (Lipinski definition) is 1. The Morgan fingerprint density at radius 3 is 2.90 bits per heavy atom. The smallest absolute Gasteiger partial charge is 0.291 e. The summed E-state index contributed by atoms with van der Waals surface area (Å²) in [5.41, 5.74) is 0. The number of nitrogens with one attached hydrogen (secondary N) is 1. The molecule has 1 aromatic heterocycles. The Morgan fingerprint density at radius 1 is 1.38 bits per heavy atom. The molecule has 1 heterocycles. The highest BCUT2D eigenvalue weighted by Crippen LogP contribution is 2.07. The predicted octanol–water partition coefficient (Wildman–Crippen LogP) is 1.92. The van der Waals surface area contributed by atoms with Crippen LogP contribution in [0.1, 0.15) is 23.0 Å². The van der Waals surface area contributed by atoms with Gasteiger partial charge in [0.1, 0.15) is 6.61 Å². The van der Waals surface area contributed by atoms with E-state index in [2.05, 4.69) is 10.3 Å². The molecule has 0 spiro atoms. The van der Waals surface area contributed by atoms with Crippen molar-refractivity contribution in [2.45, 2.75) is 13.3 Å². The lowest BCUT2D eigenvalue weighted by molar-refractivity contribution is 0.0924. The fraction of sp³-hybridized carbons (Fsp3) is 0.571. The van der Waals surface area contributed by atoms with Crippen LogP contribution in [-0.2, 0) is 14.2 Å². The van der Waals surface area contributed by atoms with Crippen LogP contribution in [0, 0.1) is 0 Å². The minimum atomic E-state index is -0.216. The van der Waals surface area contributed by atoms with Gasteiger partial charge in [-0.3, -0.25) is 10.1 Å². The van der Waals surface area contributed by atoms with Crippen molar-refractivity contribution in [3.05, 3.63) is 22.4 Å². The van der Waals surface area contributed by atoms with Crippen LogP contribution in [0.15, 0.2) is 22.5 Å². The van der Waals surface area contributed by atoms with Crippen LogP contribution < -0.4 is 5.32 Å². The molecule has 7 heteroatoms. The van der Waals surface area contributed by atoms with E-state index < -0.39 is 0 Å². The Bertz CT molecular complexity index is 421. The molecule has 0 aromatic carbocycles. The third kappa shape index (κ3) is 7.79. The molecule has 0 aliphatic carbocycles. The Kier molecular flexibility index (Phi) is 9.43. The van der Waals surface area contributed by atoms with Gasteiger partial charge >= 0.3 is 0 Å². The average molecular weight is 314 g/mol. The summed E-state index contributed by atoms with van der Waals surface area (Å²) >= 11 is 1.37. The molecule has 0 aliphatic heterocycles. The average Bonchev–Trinajstić information content (AvgIpc) is 3.02. The second-order valence-electron chi connectivity index (χ2n) is 4.01. The molecular formula is C14H22N2O4S. The van der Waals surface area contributed by atoms with Gasteiger partial charge in [0.25, 0.3) is 11.9 Å².